The molecule has 1 amide bonds. The van der Waals surface area contributed by atoms with Crippen molar-refractivity contribution in [3.63, 3.8) is 0 Å². The molecule has 0 saturated carbocycles. The molecular weight excluding hydrogens is 462 g/mol. The van der Waals surface area contributed by atoms with Gasteiger partial charge in [0, 0.05) is 13.7 Å². The topological polar surface area (TPSA) is 114 Å². The summed E-state index contributed by atoms with van der Waals surface area (Å²) in [5.74, 6) is -0.490. The van der Waals surface area contributed by atoms with E-state index in [1.165, 1.54) is 0 Å². The highest BCUT2D eigenvalue weighted by Crippen LogP contribution is 2.28. The van der Waals surface area contributed by atoms with Crippen LogP contribution in [0.2, 0.25) is 0 Å². The van der Waals surface area contributed by atoms with Crippen LogP contribution in [-0.4, -0.2) is 60.8 Å². The Bertz CT molecular complexity index is 819. The van der Waals surface area contributed by atoms with Crippen LogP contribution in [0.5, 0.6) is 5.75 Å². The maximum absolute atomic E-state index is 12.6. The average molecular weight is 510 g/mol. The Morgan fingerprint density at radius 3 is 2.28 bits per heavy atom. The number of amides is 1. The molecular formula is C28H47NO7. The van der Waals surface area contributed by atoms with Gasteiger partial charge in [0.15, 0.2) is 0 Å². The lowest BCUT2D eigenvalue weighted by Crippen LogP contribution is -2.47. The number of benzene rings is 1. The minimum atomic E-state index is -1.02. The number of aliphatic hydroxyl groups excluding tert-OH is 1. The highest BCUT2D eigenvalue weighted by atomic mass is 16.6. The molecule has 0 saturated heterocycles. The lowest BCUT2D eigenvalue weighted by Gasteiger charge is -2.32. The number of carboxylic acids is 1. The molecule has 0 unspecified atom stereocenters. The second kappa shape index (κ2) is 15.1. The Hall–Kier alpha value is -2.32. The highest BCUT2D eigenvalue weighted by molar-refractivity contribution is 5.70. The summed E-state index contributed by atoms with van der Waals surface area (Å²) >= 11 is 0. The average Bonchev–Trinajstić information content (AvgIpc) is 2.76. The standard InChI is InChI=1S/C28H47NO7/c1-18(2)22(16-20-11-12-25(35-8)21(15-20)10-9-13-34-7)17-23(24(30)14-19(3)26(31)32)29-27(33)36-28(4,5)6/h11-12,15,18-19,22-24,30H,9-10,13-14,16-17H2,1-8H3,(H,29,33)(H,31,32)/t19-,22+,23+,24+/m1/s1. The summed E-state index contributed by atoms with van der Waals surface area (Å²) in [6.45, 7) is 11.8. The van der Waals surface area contributed by atoms with Crippen molar-refractivity contribution in [2.75, 3.05) is 20.8 Å². The summed E-state index contributed by atoms with van der Waals surface area (Å²) in [7, 11) is 3.35. The lowest BCUT2D eigenvalue weighted by atomic mass is 9.81. The molecule has 3 N–H and O–H groups in total. The maximum Gasteiger partial charge on any atom is 0.407 e. The SMILES string of the molecule is COCCCc1cc(C[C@@H](C[C@H](NC(=O)OC(C)(C)C)[C@@H](O)C[C@@H](C)C(=O)O)C(C)C)ccc1OC. The number of alkyl carbamates (subject to hydrolysis) is 1. The van der Waals surface area contributed by atoms with Crippen molar-refractivity contribution in [1.29, 1.82) is 0 Å². The molecule has 1 aromatic rings. The summed E-state index contributed by atoms with van der Waals surface area (Å²) in [4.78, 5) is 23.9. The zero-order chi connectivity index (χ0) is 27.5. The smallest absolute Gasteiger partial charge is 0.407 e. The summed E-state index contributed by atoms with van der Waals surface area (Å²) in [6.07, 6.45) is 1.34. The summed E-state index contributed by atoms with van der Waals surface area (Å²) in [6, 6.07) is 5.54. The fourth-order valence-electron chi connectivity index (χ4n) is 4.18. The van der Waals surface area contributed by atoms with Crippen molar-refractivity contribution in [3.8, 4) is 5.75 Å². The number of aliphatic carboxylic acids is 1. The Balaban J connectivity index is 3.12. The van der Waals surface area contributed by atoms with Gasteiger partial charge in [-0.25, -0.2) is 4.79 Å². The van der Waals surface area contributed by atoms with E-state index in [1.54, 1.807) is 41.9 Å². The number of aliphatic hydroxyl groups is 1. The predicted octanol–water partition coefficient (Wildman–Crippen LogP) is 4.84. The van der Waals surface area contributed by atoms with Crippen LogP contribution in [0.1, 0.15) is 71.9 Å². The first-order valence-electron chi connectivity index (χ1n) is 12.8. The van der Waals surface area contributed by atoms with Gasteiger partial charge in [0.2, 0.25) is 0 Å². The van der Waals surface area contributed by atoms with E-state index >= 15 is 0 Å². The highest BCUT2D eigenvalue weighted by Gasteiger charge is 2.31. The molecule has 8 heteroatoms. The summed E-state index contributed by atoms with van der Waals surface area (Å²) in [5, 5.41) is 23.1. The van der Waals surface area contributed by atoms with E-state index in [9.17, 15) is 19.8 Å². The van der Waals surface area contributed by atoms with Crippen LogP contribution in [0.15, 0.2) is 18.2 Å². The third-order valence-corrected chi connectivity index (χ3v) is 6.32. The number of methoxy groups -OCH3 is 2. The van der Waals surface area contributed by atoms with Crippen LogP contribution < -0.4 is 10.1 Å². The van der Waals surface area contributed by atoms with E-state index in [-0.39, 0.29) is 18.3 Å². The van der Waals surface area contributed by atoms with Crippen molar-refractivity contribution in [2.24, 2.45) is 17.8 Å². The molecule has 36 heavy (non-hydrogen) atoms. The molecule has 0 fully saturated rings. The van der Waals surface area contributed by atoms with Gasteiger partial charge in [-0.3, -0.25) is 4.79 Å². The number of nitrogens with one attached hydrogen (secondary N) is 1. The first-order chi connectivity index (χ1) is 16.8. The van der Waals surface area contributed by atoms with E-state index < -0.39 is 35.7 Å². The van der Waals surface area contributed by atoms with Gasteiger partial charge < -0.3 is 29.7 Å². The maximum atomic E-state index is 12.6. The molecule has 0 aromatic heterocycles. The molecule has 0 bridgehead atoms. The number of rotatable bonds is 15. The van der Waals surface area contributed by atoms with Crippen LogP contribution >= 0.6 is 0 Å². The second-order valence-electron chi connectivity index (χ2n) is 11.0. The summed E-state index contributed by atoms with van der Waals surface area (Å²) < 4.78 is 16.1. The Labute approximate surface area is 216 Å². The molecule has 8 nitrogen and oxygen atoms in total. The fraction of sp³-hybridized carbons (Fsp3) is 0.714. The minimum absolute atomic E-state index is 0.0345. The van der Waals surface area contributed by atoms with Crippen LogP contribution in [0.3, 0.4) is 0 Å². The van der Waals surface area contributed by atoms with Gasteiger partial charge in [-0.15, -0.1) is 0 Å². The molecule has 0 aliphatic carbocycles. The molecule has 4 atom stereocenters. The van der Waals surface area contributed by atoms with Gasteiger partial charge in [-0.05, 0) is 81.9 Å². The normalized spacial score (nSPS) is 15.2. The summed E-state index contributed by atoms with van der Waals surface area (Å²) in [5.41, 5.74) is 1.58. The van der Waals surface area contributed by atoms with Crippen molar-refractivity contribution in [1.82, 2.24) is 5.32 Å². The van der Waals surface area contributed by atoms with Crippen LogP contribution in [0.4, 0.5) is 4.79 Å². The van der Waals surface area contributed by atoms with E-state index in [0.717, 1.165) is 36.1 Å². The predicted molar refractivity (Wildman–Crippen MR) is 140 cm³/mol. The third kappa shape index (κ3) is 11.6. The van der Waals surface area contributed by atoms with Gasteiger partial charge in [-0.2, -0.15) is 0 Å². The molecule has 0 aliphatic rings. The number of aryl methyl sites for hydroxylation is 1. The molecule has 1 aromatic carbocycles. The third-order valence-electron chi connectivity index (χ3n) is 6.32. The lowest BCUT2D eigenvalue weighted by molar-refractivity contribution is -0.142. The zero-order valence-electron chi connectivity index (χ0n) is 23.3. The molecule has 0 heterocycles. The van der Waals surface area contributed by atoms with E-state index in [2.05, 4.69) is 25.2 Å². The van der Waals surface area contributed by atoms with E-state index in [0.29, 0.717) is 13.0 Å². The fourth-order valence-corrected chi connectivity index (χ4v) is 4.18. The molecule has 1 rings (SSSR count). The number of carbonyl (C=O) groups is 2. The number of hydrogen-bond acceptors (Lipinski definition) is 6. The molecule has 0 radical (unpaired) electrons. The number of hydrogen-bond donors (Lipinski definition) is 3. The zero-order valence-corrected chi connectivity index (χ0v) is 23.3. The molecule has 206 valence electrons. The largest absolute Gasteiger partial charge is 0.496 e. The van der Waals surface area contributed by atoms with Crippen LogP contribution in [0.25, 0.3) is 0 Å². The van der Waals surface area contributed by atoms with Crippen LogP contribution in [0, 0.1) is 17.8 Å². The monoisotopic (exact) mass is 509 g/mol. The number of carboxylic acid groups (broad SMARTS) is 1. The van der Waals surface area contributed by atoms with Gasteiger partial charge in [0.05, 0.1) is 25.2 Å². The van der Waals surface area contributed by atoms with Gasteiger partial charge in [0.25, 0.3) is 0 Å². The van der Waals surface area contributed by atoms with E-state index in [1.807, 2.05) is 12.1 Å². The van der Waals surface area contributed by atoms with Crippen molar-refractivity contribution >= 4 is 12.1 Å². The second-order valence-corrected chi connectivity index (χ2v) is 11.0. The Kier molecular flexibility index (Phi) is 13.3. The number of carbonyl (C=O) groups excluding carboxylic acids is 1. The Morgan fingerprint density at radius 2 is 1.75 bits per heavy atom. The first kappa shape index (κ1) is 31.7. The van der Waals surface area contributed by atoms with Gasteiger partial charge in [-0.1, -0.05) is 32.9 Å². The quantitative estimate of drug-likeness (QED) is 0.290. The molecule has 0 aliphatic heterocycles. The van der Waals surface area contributed by atoms with Gasteiger partial charge >= 0.3 is 12.1 Å². The Morgan fingerprint density at radius 1 is 1.08 bits per heavy atom. The minimum Gasteiger partial charge on any atom is -0.496 e. The van der Waals surface area contributed by atoms with Crippen LogP contribution in [-0.2, 0) is 27.1 Å². The van der Waals surface area contributed by atoms with Crippen molar-refractivity contribution < 1.29 is 34.0 Å². The number of ether oxygens (including phenoxy) is 3. The first-order valence-corrected chi connectivity index (χ1v) is 12.8. The van der Waals surface area contributed by atoms with E-state index in [4.69, 9.17) is 14.2 Å². The van der Waals surface area contributed by atoms with Crippen molar-refractivity contribution in [2.45, 2.75) is 91.4 Å². The van der Waals surface area contributed by atoms with Gasteiger partial charge in [0.1, 0.15) is 11.4 Å². The van der Waals surface area contributed by atoms with Crippen molar-refractivity contribution in [3.05, 3.63) is 29.3 Å². The molecule has 0 spiro atoms.